The summed E-state index contributed by atoms with van der Waals surface area (Å²) in [5, 5.41) is 0. The molecule has 2 aromatic carbocycles. The molecule has 2 aromatic rings. The molecule has 2 fully saturated rings. The molecule has 6 rings (SSSR count). The number of nitrogens with zero attached hydrogens (tertiary/aromatic N) is 1. The molecule has 0 spiro atoms. The quantitative estimate of drug-likeness (QED) is 0.721. The lowest BCUT2D eigenvalue weighted by Gasteiger charge is -2.55. The zero-order valence-corrected chi connectivity index (χ0v) is 17.6. The molecule has 0 amide bonds. The predicted molar refractivity (Wildman–Crippen MR) is 114 cm³/mol. The maximum atomic E-state index is 7.00. The molecule has 30 heavy (non-hydrogen) atoms. The molecular weight excluding hydrogens is 378 g/mol. The van der Waals surface area contributed by atoms with Crippen molar-refractivity contribution in [3.8, 4) is 23.0 Å². The van der Waals surface area contributed by atoms with Gasteiger partial charge in [0.15, 0.2) is 17.2 Å². The fourth-order valence-corrected chi connectivity index (χ4v) is 6.16. The molecule has 0 unspecified atom stereocenters. The van der Waals surface area contributed by atoms with Crippen molar-refractivity contribution in [2.24, 2.45) is 5.92 Å². The minimum atomic E-state index is -0.222. The Morgan fingerprint density at radius 1 is 0.933 bits per heavy atom. The number of rotatable bonds is 3. The molecule has 0 N–H and O–H groups in total. The second-order valence-corrected chi connectivity index (χ2v) is 8.99. The van der Waals surface area contributed by atoms with Gasteiger partial charge in [0.25, 0.3) is 0 Å². The van der Waals surface area contributed by atoms with Crippen molar-refractivity contribution in [2.75, 3.05) is 27.0 Å². The zero-order valence-electron chi connectivity index (χ0n) is 17.6. The molecule has 0 aromatic heterocycles. The van der Waals surface area contributed by atoms with Gasteiger partial charge in [-0.25, -0.2) is 0 Å². The van der Waals surface area contributed by atoms with Gasteiger partial charge in [-0.05, 0) is 49.4 Å². The average molecular weight is 408 g/mol. The van der Waals surface area contributed by atoms with Gasteiger partial charge in [0, 0.05) is 43.0 Å². The van der Waals surface area contributed by atoms with E-state index in [1.54, 1.807) is 7.11 Å². The number of benzene rings is 2. The van der Waals surface area contributed by atoms with Gasteiger partial charge in [0.2, 0.25) is 6.79 Å². The molecule has 158 valence electrons. The fraction of sp³-hybridized carbons (Fsp3) is 0.520. The monoisotopic (exact) mass is 407 g/mol. The van der Waals surface area contributed by atoms with Crippen LogP contribution in [0, 0.1) is 5.92 Å². The average Bonchev–Trinajstić information content (AvgIpc) is 3.48. The highest BCUT2D eigenvalue weighted by atomic mass is 16.7. The van der Waals surface area contributed by atoms with Gasteiger partial charge in [-0.1, -0.05) is 18.6 Å². The van der Waals surface area contributed by atoms with E-state index in [2.05, 4.69) is 41.3 Å². The molecule has 1 saturated carbocycles. The highest BCUT2D eigenvalue weighted by molar-refractivity contribution is 5.57. The van der Waals surface area contributed by atoms with Crippen molar-refractivity contribution in [1.29, 1.82) is 0 Å². The van der Waals surface area contributed by atoms with E-state index in [-0.39, 0.29) is 18.4 Å². The highest BCUT2D eigenvalue weighted by Crippen LogP contribution is 2.57. The van der Waals surface area contributed by atoms with Crippen molar-refractivity contribution >= 4 is 0 Å². The summed E-state index contributed by atoms with van der Waals surface area (Å²) in [6.07, 6.45) is 7.29. The topological polar surface area (TPSA) is 40.2 Å². The standard InChI is InChI=1S/C25H29NO4/c1-27-18-9-7-17(8-10-18)24-19-14-22-23(29-16-28-22)15-21(19)30-25(26-12-4-5-13-26)11-3-2-6-20(24)25/h7-10,14-15,20,24H,2-6,11-13,16H2,1H3/t20-,24-,25-/m1/s1. The van der Waals surface area contributed by atoms with Crippen LogP contribution in [-0.2, 0) is 0 Å². The molecule has 1 saturated heterocycles. The zero-order chi connectivity index (χ0) is 20.1. The first kappa shape index (κ1) is 18.4. The third-order valence-corrected chi connectivity index (χ3v) is 7.52. The van der Waals surface area contributed by atoms with E-state index in [1.807, 2.05) is 0 Å². The molecule has 5 heteroatoms. The van der Waals surface area contributed by atoms with E-state index in [9.17, 15) is 0 Å². The molecular formula is C25H29NO4. The van der Waals surface area contributed by atoms with Crippen LogP contribution >= 0.6 is 0 Å². The van der Waals surface area contributed by atoms with Gasteiger partial charge in [-0.15, -0.1) is 0 Å². The second kappa shape index (κ2) is 7.09. The molecule has 4 aliphatic rings. The van der Waals surface area contributed by atoms with Crippen molar-refractivity contribution < 1.29 is 18.9 Å². The van der Waals surface area contributed by atoms with Crippen LogP contribution in [-0.4, -0.2) is 37.6 Å². The first-order valence-corrected chi connectivity index (χ1v) is 11.3. The van der Waals surface area contributed by atoms with E-state index in [1.165, 1.54) is 43.2 Å². The van der Waals surface area contributed by atoms with E-state index < -0.39 is 0 Å². The summed E-state index contributed by atoms with van der Waals surface area (Å²) >= 11 is 0. The minimum Gasteiger partial charge on any atom is -0.497 e. The molecule has 0 radical (unpaired) electrons. The maximum absolute atomic E-state index is 7.00. The maximum Gasteiger partial charge on any atom is 0.231 e. The van der Waals surface area contributed by atoms with Crippen LogP contribution < -0.4 is 18.9 Å². The highest BCUT2D eigenvalue weighted by Gasteiger charge is 2.55. The van der Waals surface area contributed by atoms with E-state index in [0.29, 0.717) is 5.92 Å². The Morgan fingerprint density at radius 3 is 2.47 bits per heavy atom. The Balaban J connectivity index is 1.53. The number of likely N-dealkylation sites (tertiary alicyclic amines) is 1. The lowest BCUT2D eigenvalue weighted by atomic mass is 9.66. The van der Waals surface area contributed by atoms with Crippen molar-refractivity contribution in [2.45, 2.75) is 50.2 Å². The van der Waals surface area contributed by atoms with Gasteiger partial charge in [0.1, 0.15) is 11.5 Å². The smallest absolute Gasteiger partial charge is 0.231 e. The third-order valence-electron chi connectivity index (χ3n) is 7.52. The van der Waals surface area contributed by atoms with Gasteiger partial charge >= 0.3 is 0 Å². The van der Waals surface area contributed by atoms with Crippen LogP contribution in [0.5, 0.6) is 23.0 Å². The molecule has 3 heterocycles. The molecule has 3 atom stereocenters. The van der Waals surface area contributed by atoms with Crippen LogP contribution in [0.1, 0.15) is 55.6 Å². The number of hydrogen-bond acceptors (Lipinski definition) is 5. The Kier molecular flexibility index (Phi) is 4.34. The normalized spacial score (nSPS) is 29.8. The summed E-state index contributed by atoms with van der Waals surface area (Å²) in [6.45, 7) is 2.55. The van der Waals surface area contributed by atoms with Crippen LogP contribution in [0.4, 0.5) is 0 Å². The molecule has 5 nitrogen and oxygen atoms in total. The Morgan fingerprint density at radius 2 is 1.70 bits per heavy atom. The van der Waals surface area contributed by atoms with Gasteiger partial charge in [0.05, 0.1) is 7.11 Å². The van der Waals surface area contributed by atoms with Crippen LogP contribution in [0.2, 0.25) is 0 Å². The van der Waals surface area contributed by atoms with E-state index in [4.69, 9.17) is 18.9 Å². The number of fused-ring (bicyclic) bond motifs is 3. The van der Waals surface area contributed by atoms with Crippen LogP contribution in [0.25, 0.3) is 0 Å². The van der Waals surface area contributed by atoms with E-state index in [0.717, 1.165) is 42.5 Å². The summed E-state index contributed by atoms with van der Waals surface area (Å²) in [6, 6.07) is 12.8. The minimum absolute atomic E-state index is 0.222. The molecule has 0 bridgehead atoms. The van der Waals surface area contributed by atoms with Crippen LogP contribution in [0.3, 0.4) is 0 Å². The number of ether oxygens (including phenoxy) is 4. The third kappa shape index (κ3) is 2.71. The Hall–Kier alpha value is -2.40. The van der Waals surface area contributed by atoms with Crippen LogP contribution in [0.15, 0.2) is 36.4 Å². The van der Waals surface area contributed by atoms with Gasteiger partial charge in [-0.3, -0.25) is 4.90 Å². The summed E-state index contributed by atoms with van der Waals surface area (Å²) in [4.78, 5) is 2.64. The summed E-state index contributed by atoms with van der Waals surface area (Å²) in [5.74, 6) is 4.19. The predicted octanol–water partition coefficient (Wildman–Crippen LogP) is 4.93. The van der Waals surface area contributed by atoms with Crippen molar-refractivity contribution in [1.82, 2.24) is 4.90 Å². The molecule has 1 aliphatic carbocycles. The molecule has 3 aliphatic heterocycles. The van der Waals surface area contributed by atoms with Gasteiger partial charge in [-0.2, -0.15) is 0 Å². The number of hydrogen-bond donors (Lipinski definition) is 0. The summed E-state index contributed by atoms with van der Waals surface area (Å²) in [5.41, 5.74) is 2.33. The first-order valence-electron chi connectivity index (χ1n) is 11.3. The Labute approximate surface area is 177 Å². The first-order chi connectivity index (χ1) is 14.8. The number of methoxy groups -OCH3 is 1. The van der Waals surface area contributed by atoms with E-state index >= 15 is 0 Å². The largest absolute Gasteiger partial charge is 0.497 e. The Bertz CT molecular complexity index is 937. The van der Waals surface area contributed by atoms with Crippen molar-refractivity contribution in [3.05, 3.63) is 47.5 Å². The summed E-state index contributed by atoms with van der Waals surface area (Å²) in [7, 11) is 1.72. The van der Waals surface area contributed by atoms with Gasteiger partial charge < -0.3 is 18.9 Å². The SMILES string of the molecule is COc1ccc([C@@H]2c3cc4c(cc3O[C@]3(N5CCCC5)CCCC[C@H]23)OCO4)cc1. The fourth-order valence-electron chi connectivity index (χ4n) is 6.16. The second-order valence-electron chi connectivity index (χ2n) is 8.99. The lowest BCUT2D eigenvalue weighted by molar-refractivity contribution is -0.154. The van der Waals surface area contributed by atoms with Crippen molar-refractivity contribution in [3.63, 3.8) is 0 Å². The summed E-state index contributed by atoms with van der Waals surface area (Å²) < 4.78 is 23.9. The lowest BCUT2D eigenvalue weighted by Crippen LogP contribution is -2.61.